The van der Waals surface area contributed by atoms with Crippen molar-refractivity contribution in [2.24, 2.45) is 0 Å². The Morgan fingerprint density at radius 1 is 1.06 bits per heavy atom. The Bertz CT molecular complexity index is 770. The Labute approximate surface area is 188 Å². The van der Waals surface area contributed by atoms with Gasteiger partial charge in [0.25, 0.3) is 0 Å². The molecule has 6 heteroatoms. The minimum Gasteiger partial charge on any atom is -0.495 e. The Morgan fingerprint density at radius 3 is 2.06 bits per heavy atom. The molecule has 0 heterocycles. The summed E-state index contributed by atoms with van der Waals surface area (Å²) in [5, 5.41) is 10.6. The number of carbonyl (C=O) groups excluding carboxylic acids is 2. The zero-order valence-corrected chi connectivity index (χ0v) is 20.6. The van der Waals surface area contributed by atoms with Crippen LogP contribution in [0.3, 0.4) is 0 Å². The number of anilines is 1. The van der Waals surface area contributed by atoms with E-state index in [2.05, 4.69) is 26.8 Å². The monoisotopic (exact) mass is 446 g/mol. The summed E-state index contributed by atoms with van der Waals surface area (Å²) < 4.78 is 5.35. The number of para-hydroxylation sites is 2. The fourth-order valence-corrected chi connectivity index (χ4v) is 8.88. The summed E-state index contributed by atoms with van der Waals surface area (Å²) in [7, 11) is 1.56. The third kappa shape index (κ3) is 7.86. The van der Waals surface area contributed by atoms with E-state index >= 15 is 0 Å². The smallest absolute Gasteiger partial charge is 0.214 e. The molecular formula is C25H39N2O3P. The van der Waals surface area contributed by atoms with Crippen molar-refractivity contribution in [2.75, 3.05) is 37.0 Å². The summed E-state index contributed by atoms with van der Waals surface area (Å²) in [6, 6.07) is 9.62. The molecule has 0 fully saturated rings. The molecule has 5 nitrogen and oxygen atoms in total. The van der Waals surface area contributed by atoms with Gasteiger partial charge >= 0.3 is 0 Å². The lowest BCUT2D eigenvalue weighted by atomic mass is 10.2. The average Bonchev–Trinajstić information content (AvgIpc) is 2.80. The van der Waals surface area contributed by atoms with Crippen LogP contribution in [0.4, 0.5) is 5.69 Å². The molecule has 0 spiro atoms. The maximum Gasteiger partial charge on any atom is 0.214 e. The fraction of sp³-hybridized carbons (Fsp3) is 0.600. The topological polar surface area (TPSA) is 70.4 Å². The lowest BCUT2D eigenvalue weighted by Gasteiger charge is -2.28. The van der Waals surface area contributed by atoms with Gasteiger partial charge in [0.2, 0.25) is 6.41 Å². The summed E-state index contributed by atoms with van der Waals surface area (Å²) in [5.41, 5.74) is 0.635. The Balaban J connectivity index is 3.23. The zero-order chi connectivity index (χ0) is 23.1. The van der Waals surface area contributed by atoms with Gasteiger partial charge in [0, 0.05) is 13.0 Å². The van der Waals surface area contributed by atoms with Gasteiger partial charge in [-0.2, -0.15) is 5.26 Å². The second-order valence-electron chi connectivity index (χ2n) is 7.98. The Morgan fingerprint density at radius 2 is 1.61 bits per heavy atom. The lowest BCUT2D eigenvalue weighted by molar-refractivity contribution is -0.112. The highest BCUT2D eigenvalue weighted by Gasteiger charge is 2.27. The molecular weight excluding hydrogens is 407 g/mol. The van der Waals surface area contributed by atoms with E-state index in [4.69, 9.17) is 4.74 Å². The molecule has 0 aliphatic heterocycles. The van der Waals surface area contributed by atoms with Gasteiger partial charge in [-0.3, -0.25) is 9.59 Å². The van der Waals surface area contributed by atoms with E-state index in [0.29, 0.717) is 16.7 Å². The Hall–Kier alpha value is -2.05. The first-order valence-corrected chi connectivity index (χ1v) is 13.9. The maximum atomic E-state index is 13.3. The fourth-order valence-electron chi connectivity index (χ4n) is 3.92. The molecule has 0 unspecified atom stereocenters. The molecule has 0 aliphatic rings. The molecule has 0 bridgehead atoms. The van der Waals surface area contributed by atoms with Crippen molar-refractivity contribution in [3.05, 3.63) is 24.3 Å². The van der Waals surface area contributed by atoms with Crippen molar-refractivity contribution in [1.29, 1.82) is 5.26 Å². The number of benzene rings is 1. The van der Waals surface area contributed by atoms with Crippen molar-refractivity contribution >= 4 is 30.1 Å². The van der Waals surface area contributed by atoms with Crippen LogP contribution in [-0.2, 0) is 9.59 Å². The molecule has 1 aromatic rings. The number of unbranched alkanes of at least 4 members (excludes halogenated alkanes) is 3. The number of Topliss-reactive ketones (excluding diaryl/α,β-unsaturated/α-hetero) is 1. The van der Waals surface area contributed by atoms with Gasteiger partial charge in [0.05, 0.1) is 18.1 Å². The molecule has 0 saturated carbocycles. The third-order valence-corrected chi connectivity index (χ3v) is 10.6. The van der Waals surface area contributed by atoms with Gasteiger partial charge < -0.3 is 9.64 Å². The van der Waals surface area contributed by atoms with Gasteiger partial charge in [0.15, 0.2) is 5.78 Å². The van der Waals surface area contributed by atoms with E-state index in [9.17, 15) is 14.9 Å². The van der Waals surface area contributed by atoms with Crippen LogP contribution < -0.4 is 9.64 Å². The van der Waals surface area contributed by atoms with Crippen molar-refractivity contribution in [2.45, 2.75) is 65.7 Å². The van der Waals surface area contributed by atoms with E-state index in [1.54, 1.807) is 19.2 Å². The SMILES string of the molecule is CCCCP(CCCC)(CCCC)=C(C#N)C(=O)CCN(C=O)c1ccccc1OC. The molecule has 0 atom stereocenters. The summed E-state index contributed by atoms with van der Waals surface area (Å²) in [4.78, 5) is 26.5. The van der Waals surface area contributed by atoms with E-state index in [1.807, 2.05) is 12.1 Å². The molecule has 0 radical (unpaired) electrons. The predicted octanol–water partition coefficient (Wildman–Crippen LogP) is 5.73. The number of methoxy groups -OCH3 is 1. The number of hydrogen-bond donors (Lipinski definition) is 0. The van der Waals surface area contributed by atoms with Crippen LogP contribution in [0.25, 0.3) is 0 Å². The second-order valence-corrected chi connectivity index (χ2v) is 12.1. The molecule has 1 rings (SSSR count). The van der Waals surface area contributed by atoms with Gasteiger partial charge in [-0.25, -0.2) is 0 Å². The van der Waals surface area contributed by atoms with Crippen LogP contribution in [0.15, 0.2) is 24.3 Å². The number of amides is 1. The standard InChI is InChI=1S/C25H39N2O3P/c1-5-8-17-31(18-9-6-2,19-10-7-3)25(20-26)23(29)15-16-27(21-28)22-13-11-12-14-24(22)30-4/h11-14,21H,5-10,15-19H2,1-4H3. The highest BCUT2D eigenvalue weighted by molar-refractivity contribution is 7.78. The summed E-state index contributed by atoms with van der Waals surface area (Å²) in [6.07, 6.45) is 10.2. The lowest BCUT2D eigenvalue weighted by Crippen LogP contribution is -2.28. The minimum absolute atomic E-state index is 0.0825. The third-order valence-electron chi connectivity index (χ3n) is 5.77. The molecule has 172 valence electrons. The van der Waals surface area contributed by atoms with Gasteiger partial charge in [-0.15, -0.1) is 0 Å². The molecule has 0 aromatic heterocycles. The van der Waals surface area contributed by atoms with Crippen molar-refractivity contribution < 1.29 is 14.3 Å². The summed E-state index contributed by atoms with van der Waals surface area (Å²) in [5.74, 6) is 0.503. The Kier molecular flexibility index (Phi) is 12.9. The van der Waals surface area contributed by atoms with E-state index in [1.165, 1.54) is 4.90 Å². The highest BCUT2D eigenvalue weighted by atomic mass is 31.2. The van der Waals surface area contributed by atoms with Crippen LogP contribution in [0.2, 0.25) is 0 Å². The van der Waals surface area contributed by atoms with E-state index in [0.717, 1.165) is 63.4 Å². The quantitative estimate of drug-likeness (QED) is 0.240. The number of rotatable bonds is 16. The predicted molar refractivity (Wildman–Crippen MR) is 133 cm³/mol. The summed E-state index contributed by atoms with van der Waals surface area (Å²) in [6.45, 7) is 4.94. The largest absolute Gasteiger partial charge is 0.495 e. The first kappa shape index (κ1) is 27.0. The second kappa shape index (κ2) is 14.9. The highest BCUT2D eigenvalue weighted by Crippen LogP contribution is 2.52. The van der Waals surface area contributed by atoms with Gasteiger partial charge in [0.1, 0.15) is 11.8 Å². The van der Waals surface area contributed by atoms with E-state index in [-0.39, 0.29) is 18.7 Å². The number of hydrogen-bond acceptors (Lipinski definition) is 4. The molecule has 31 heavy (non-hydrogen) atoms. The molecule has 1 amide bonds. The number of ketones is 1. The van der Waals surface area contributed by atoms with Crippen LogP contribution in [0.5, 0.6) is 5.75 Å². The molecule has 0 N–H and O–H groups in total. The van der Waals surface area contributed by atoms with Crippen LogP contribution in [0.1, 0.15) is 65.7 Å². The van der Waals surface area contributed by atoms with Crippen LogP contribution in [0, 0.1) is 11.3 Å². The van der Waals surface area contributed by atoms with Crippen molar-refractivity contribution in [1.82, 2.24) is 0 Å². The summed E-state index contributed by atoms with van der Waals surface area (Å²) >= 11 is 0. The van der Waals surface area contributed by atoms with Gasteiger partial charge in [-0.1, -0.05) is 59.1 Å². The number of carbonyl (C=O) groups is 2. The first-order chi connectivity index (χ1) is 15.0. The number of ether oxygens (including phenoxy) is 1. The van der Waals surface area contributed by atoms with E-state index < -0.39 is 6.89 Å². The van der Waals surface area contributed by atoms with Crippen molar-refractivity contribution in [3.8, 4) is 11.8 Å². The minimum atomic E-state index is -1.79. The van der Waals surface area contributed by atoms with Gasteiger partial charge in [-0.05, 0) is 49.9 Å². The average molecular weight is 447 g/mol. The first-order valence-electron chi connectivity index (χ1n) is 11.5. The number of nitriles is 1. The number of nitrogens with zero attached hydrogens (tertiary/aromatic N) is 2. The van der Waals surface area contributed by atoms with Crippen LogP contribution in [-0.4, -0.2) is 49.6 Å². The van der Waals surface area contributed by atoms with Crippen LogP contribution >= 0.6 is 6.89 Å². The molecule has 0 saturated heterocycles. The molecule has 0 aliphatic carbocycles. The normalized spacial score (nSPS) is 10.9. The maximum absolute atomic E-state index is 13.3. The zero-order valence-electron chi connectivity index (χ0n) is 19.7. The molecule has 1 aromatic carbocycles. The van der Waals surface area contributed by atoms with Crippen molar-refractivity contribution in [3.63, 3.8) is 0 Å².